The van der Waals surface area contributed by atoms with Crippen molar-refractivity contribution in [2.24, 2.45) is 5.92 Å². The van der Waals surface area contributed by atoms with Crippen LogP contribution >= 0.6 is 0 Å². The molecule has 2 aromatic carbocycles. The normalized spacial score (nSPS) is 19.6. The Kier molecular flexibility index (Phi) is 4.54. The fourth-order valence-electron chi connectivity index (χ4n) is 3.14. The molecule has 1 amide bonds. The molecule has 6 heteroatoms. The summed E-state index contributed by atoms with van der Waals surface area (Å²) in [6, 6.07) is 11.5. The summed E-state index contributed by atoms with van der Waals surface area (Å²) in [5.41, 5.74) is -0.199. The van der Waals surface area contributed by atoms with E-state index in [4.69, 9.17) is 0 Å². The number of carbonyl (C=O) groups is 1. The van der Waals surface area contributed by atoms with Crippen LogP contribution < -0.4 is 0 Å². The molecule has 2 nitrogen and oxygen atoms in total. The first-order valence-electron chi connectivity index (χ1n) is 7.93. The summed E-state index contributed by atoms with van der Waals surface area (Å²) >= 11 is 0. The fraction of sp³-hybridized carbons (Fsp3) is 0.316. The average Bonchev–Trinajstić information content (AvgIpc) is 3.34. The molecule has 1 fully saturated rings. The van der Waals surface area contributed by atoms with Crippen LogP contribution in [-0.2, 0) is 17.5 Å². The van der Waals surface area contributed by atoms with Crippen LogP contribution in [0.5, 0.6) is 0 Å². The summed E-state index contributed by atoms with van der Waals surface area (Å²) in [5.74, 6) is -1.19. The van der Waals surface area contributed by atoms with E-state index in [1.54, 1.807) is 18.2 Å². The van der Waals surface area contributed by atoms with E-state index in [1.165, 1.54) is 36.2 Å². The lowest BCUT2D eigenvalue weighted by molar-refractivity contribution is -0.139. The number of hydrogen-bond donors (Lipinski definition) is 0. The van der Waals surface area contributed by atoms with Gasteiger partial charge in [-0.05, 0) is 35.6 Å². The van der Waals surface area contributed by atoms with Crippen molar-refractivity contribution in [1.29, 1.82) is 0 Å². The number of alkyl halides is 3. The van der Waals surface area contributed by atoms with E-state index in [2.05, 4.69) is 0 Å². The van der Waals surface area contributed by atoms with Gasteiger partial charge in [-0.25, -0.2) is 4.39 Å². The third kappa shape index (κ3) is 3.67. The minimum absolute atomic E-state index is 0.0499. The third-order valence-corrected chi connectivity index (χ3v) is 4.52. The van der Waals surface area contributed by atoms with Gasteiger partial charge in [0.05, 0.1) is 5.56 Å². The van der Waals surface area contributed by atoms with Crippen LogP contribution in [0.25, 0.3) is 0 Å². The van der Waals surface area contributed by atoms with Crippen molar-refractivity contribution >= 4 is 5.91 Å². The van der Waals surface area contributed by atoms with Crippen LogP contribution in [0, 0.1) is 11.7 Å². The summed E-state index contributed by atoms with van der Waals surface area (Å²) in [6.45, 7) is -0.130. The number of rotatable bonds is 4. The van der Waals surface area contributed by atoms with Crippen LogP contribution in [-0.4, -0.2) is 17.9 Å². The fourth-order valence-corrected chi connectivity index (χ4v) is 3.14. The highest BCUT2D eigenvalue weighted by Gasteiger charge is 2.46. The lowest BCUT2D eigenvalue weighted by Crippen LogP contribution is -2.29. The average molecular weight is 351 g/mol. The van der Waals surface area contributed by atoms with Crippen LogP contribution in [0.4, 0.5) is 17.6 Å². The van der Waals surface area contributed by atoms with Gasteiger partial charge in [0, 0.05) is 19.5 Å². The summed E-state index contributed by atoms with van der Waals surface area (Å²) in [6.07, 6.45) is -3.94. The van der Waals surface area contributed by atoms with Gasteiger partial charge in [-0.3, -0.25) is 4.79 Å². The molecule has 2 aromatic rings. The largest absolute Gasteiger partial charge is 0.416 e. The molecule has 0 aliphatic heterocycles. The summed E-state index contributed by atoms with van der Waals surface area (Å²) < 4.78 is 53.0. The topological polar surface area (TPSA) is 20.3 Å². The maximum atomic E-state index is 13.8. The number of carbonyl (C=O) groups excluding carboxylic acids is 1. The minimum Gasteiger partial charge on any atom is -0.341 e. The molecular formula is C19H17F4NO. The number of hydrogen-bond acceptors (Lipinski definition) is 1. The Hall–Kier alpha value is -2.37. The Morgan fingerprint density at radius 1 is 1.12 bits per heavy atom. The SMILES string of the molecule is CN(Cc1ccccc1C(F)(F)F)C(=O)[C@H]1C[C@H]1c1ccccc1F. The zero-order chi connectivity index (χ0) is 18.2. The Morgan fingerprint density at radius 3 is 2.44 bits per heavy atom. The van der Waals surface area contributed by atoms with Gasteiger partial charge in [0.2, 0.25) is 5.91 Å². The molecule has 0 aromatic heterocycles. The zero-order valence-corrected chi connectivity index (χ0v) is 13.6. The highest BCUT2D eigenvalue weighted by Crippen LogP contribution is 2.49. The Labute approximate surface area is 143 Å². The monoisotopic (exact) mass is 351 g/mol. The van der Waals surface area contributed by atoms with Gasteiger partial charge in [0.15, 0.2) is 0 Å². The molecule has 0 saturated heterocycles. The predicted molar refractivity (Wildman–Crippen MR) is 85.2 cm³/mol. The summed E-state index contributed by atoms with van der Waals surface area (Å²) in [5, 5.41) is 0. The quantitative estimate of drug-likeness (QED) is 0.737. The Morgan fingerprint density at radius 2 is 1.76 bits per heavy atom. The van der Waals surface area contributed by atoms with Crippen LogP contribution in [0.1, 0.15) is 29.0 Å². The van der Waals surface area contributed by atoms with E-state index >= 15 is 0 Å². The molecule has 2 atom stereocenters. The molecule has 0 radical (unpaired) electrons. The smallest absolute Gasteiger partial charge is 0.341 e. The first-order chi connectivity index (χ1) is 11.8. The van der Waals surface area contributed by atoms with Gasteiger partial charge in [-0.2, -0.15) is 13.2 Å². The highest BCUT2D eigenvalue weighted by molar-refractivity contribution is 5.82. The molecule has 0 N–H and O–H groups in total. The molecule has 0 unspecified atom stereocenters. The van der Waals surface area contributed by atoms with Crippen LogP contribution in [0.2, 0.25) is 0 Å². The van der Waals surface area contributed by atoms with Gasteiger partial charge < -0.3 is 4.90 Å². The minimum atomic E-state index is -4.46. The van der Waals surface area contributed by atoms with Gasteiger partial charge >= 0.3 is 6.18 Å². The van der Waals surface area contributed by atoms with Gasteiger partial charge in [-0.1, -0.05) is 36.4 Å². The number of benzene rings is 2. The Bertz CT molecular complexity index is 787. The maximum Gasteiger partial charge on any atom is 0.416 e. The molecule has 1 aliphatic carbocycles. The van der Waals surface area contributed by atoms with Crippen molar-refractivity contribution in [2.75, 3.05) is 7.05 Å². The lowest BCUT2D eigenvalue weighted by atomic mass is 10.1. The van der Waals surface area contributed by atoms with E-state index in [9.17, 15) is 22.4 Å². The maximum absolute atomic E-state index is 13.8. The van der Waals surface area contributed by atoms with E-state index < -0.39 is 11.7 Å². The van der Waals surface area contributed by atoms with Gasteiger partial charge in [-0.15, -0.1) is 0 Å². The van der Waals surface area contributed by atoms with Gasteiger partial charge in [0.1, 0.15) is 5.82 Å². The zero-order valence-electron chi connectivity index (χ0n) is 13.6. The third-order valence-electron chi connectivity index (χ3n) is 4.52. The van der Waals surface area contributed by atoms with E-state index in [1.807, 2.05) is 0 Å². The molecule has 0 heterocycles. The molecule has 25 heavy (non-hydrogen) atoms. The molecule has 0 bridgehead atoms. The molecule has 1 aliphatic rings. The van der Waals surface area contributed by atoms with Crippen LogP contribution in [0.3, 0.4) is 0 Å². The molecule has 1 saturated carbocycles. The second-order valence-electron chi connectivity index (χ2n) is 6.32. The van der Waals surface area contributed by atoms with Crippen molar-refractivity contribution in [3.8, 4) is 0 Å². The van der Waals surface area contributed by atoms with E-state index in [0.29, 0.717) is 12.0 Å². The molecule has 3 rings (SSSR count). The van der Waals surface area contributed by atoms with Crippen molar-refractivity contribution in [2.45, 2.75) is 25.1 Å². The predicted octanol–water partition coefficient (Wildman–Crippen LogP) is 4.61. The Balaban J connectivity index is 1.70. The second-order valence-corrected chi connectivity index (χ2v) is 6.32. The standard InChI is InChI=1S/C19H17F4NO/c1-24(11-12-6-2-4-8-16(12)19(21,22)23)18(25)15-10-14(15)13-7-3-5-9-17(13)20/h2-9,14-15H,10-11H2,1H3/t14-,15-/m0/s1. The number of amides is 1. The molecule has 0 spiro atoms. The lowest BCUT2D eigenvalue weighted by Gasteiger charge is -2.20. The second kappa shape index (κ2) is 6.50. The molecular weight excluding hydrogens is 334 g/mol. The summed E-state index contributed by atoms with van der Waals surface area (Å²) in [7, 11) is 1.48. The highest BCUT2D eigenvalue weighted by atomic mass is 19.4. The first-order valence-corrected chi connectivity index (χ1v) is 7.93. The molecule has 132 valence electrons. The van der Waals surface area contributed by atoms with Crippen LogP contribution in [0.15, 0.2) is 48.5 Å². The van der Waals surface area contributed by atoms with E-state index in [0.717, 1.165) is 6.07 Å². The van der Waals surface area contributed by atoms with E-state index in [-0.39, 0.29) is 35.7 Å². The van der Waals surface area contributed by atoms with Crippen molar-refractivity contribution in [3.63, 3.8) is 0 Å². The summed E-state index contributed by atoms with van der Waals surface area (Å²) in [4.78, 5) is 13.8. The van der Waals surface area contributed by atoms with Crippen molar-refractivity contribution in [1.82, 2.24) is 4.90 Å². The first kappa shape index (κ1) is 17.5. The number of nitrogens with zero attached hydrogens (tertiary/aromatic N) is 1. The van der Waals surface area contributed by atoms with Crippen molar-refractivity contribution in [3.05, 3.63) is 71.0 Å². The van der Waals surface area contributed by atoms with Gasteiger partial charge in [0.25, 0.3) is 0 Å². The van der Waals surface area contributed by atoms with Crippen molar-refractivity contribution < 1.29 is 22.4 Å². The number of halogens is 4.